The van der Waals surface area contributed by atoms with Gasteiger partial charge in [-0.1, -0.05) is 6.07 Å². The summed E-state index contributed by atoms with van der Waals surface area (Å²) in [5.74, 6) is -0.935. The molecule has 0 aliphatic carbocycles. The second-order valence-electron chi connectivity index (χ2n) is 4.95. The average molecular weight is 363 g/mol. The van der Waals surface area contributed by atoms with Crippen LogP contribution in [0.1, 0.15) is 12.5 Å². The SMILES string of the molecule is CC(Oc1ccc(F)cc1)C(=O)NNS(=O)(=O)c1cccc(C#N)c1. The summed E-state index contributed by atoms with van der Waals surface area (Å²) in [6, 6.07) is 12.2. The predicted molar refractivity (Wildman–Crippen MR) is 86.1 cm³/mol. The maximum atomic E-state index is 12.8. The molecule has 2 aromatic carbocycles. The maximum absolute atomic E-state index is 12.8. The fourth-order valence-electron chi connectivity index (χ4n) is 1.78. The zero-order chi connectivity index (χ0) is 18.4. The molecular formula is C16H14FN3O4S. The van der Waals surface area contributed by atoms with Gasteiger partial charge >= 0.3 is 0 Å². The lowest BCUT2D eigenvalue weighted by molar-refractivity contribution is -0.127. The van der Waals surface area contributed by atoms with Gasteiger partial charge in [0.15, 0.2) is 6.10 Å². The summed E-state index contributed by atoms with van der Waals surface area (Å²) in [6.45, 7) is 1.41. The Morgan fingerprint density at radius 3 is 2.56 bits per heavy atom. The van der Waals surface area contributed by atoms with E-state index >= 15 is 0 Å². The number of ether oxygens (including phenoxy) is 1. The molecule has 0 aromatic heterocycles. The second-order valence-corrected chi connectivity index (χ2v) is 6.63. The maximum Gasteiger partial charge on any atom is 0.275 e. The quantitative estimate of drug-likeness (QED) is 0.756. The number of amides is 1. The van der Waals surface area contributed by atoms with E-state index in [0.717, 1.165) is 0 Å². The number of hydrogen-bond acceptors (Lipinski definition) is 5. The standard InChI is InChI=1S/C16H14FN3O4S/c1-11(24-14-7-5-13(17)6-8-14)16(21)19-20-25(22,23)15-4-2-3-12(9-15)10-18/h2-9,11,20H,1H3,(H,19,21). The molecule has 25 heavy (non-hydrogen) atoms. The number of carbonyl (C=O) groups excluding carboxylic acids is 1. The third-order valence-electron chi connectivity index (χ3n) is 3.08. The van der Waals surface area contributed by atoms with Gasteiger partial charge in [0.05, 0.1) is 16.5 Å². The van der Waals surface area contributed by atoms with E-state index in [-0.39, 0.29) is 16.2 Å². The Morgan fingerprint density at radius 1 is 1.24 bits per heavy atom. The molecule has 0 aliphatic heterocycles. The van der Waals surface area contributed by atoms with E-state index in [2.05, 4.69) is 0 Å². The van der Waals surface area contributed by atoms with Crippen LogP contribution in [0.3, 0.4) is 0 Å². The highest BCUT2D eigenvalue weighted by atomic mass is 32.2. The Hall–Kier alpha value is -2.96. The molecule has 1 unspecified atom stereocenters. The minimum atomic E-state index is -4.04. The van der Waals surface area contributed by atoms with Crippen LogP contribution in [-0.4, -0.2) is 20.4 Å². The first-order chi connectivity index (χ1) is 11.8. The molecule has 1 atom stereocenters. The van der Waals surface area contributed by atoms with Crippen LogP contribution in [0, 0.1) is 17.1 Å². The van der Waals surface area contributed by atoms with Crippen molar-refractivity contribution in [2.24, 2.45) is 0 Å². The summed E-state index contributed by atoms with van der Waals surface area (Å²) in [5.41, 5.74) is 2.20. The summed E-state index contributed by atoms with van der Waals surface area (Å²) in [5, 5.41) is 8.80. The lowest BCUT2D eigenvalue weighted by Crippen LogP contribution is -2.47. The van der Waals surface area contributed by atoms with Crippen LogP contribution in [0.2, 0.25) is 0 Å². The van der Waals surface area contributed by atoms with Gasteiger partial charge in [-0.25, -0.2) is 12.8 Å². The van der Waals surface area contributed by atoms with Crippen LogP contribution < -0.4 is 15.0 Å². The Labute approximate surface area is 144 Å². The van der Waals surface area contributed by atoms with Crippen LogP contribution in [-0.2, 0) is 14.8 Å². The molecule has 0 fully saturated rings. The van der Waals surface area contributed by atoms with E-state index < -0.39 is 27.9 Å². The van der Waals surface area contributed by atoms with Crippen molar-refractivity contribution in [3.05, 3.63) is 59.9 Å². The van der Waals surface area contributed by atoms with Gasteiger partial charge in [0.25, 0.3) is 15.9 Å². The smallest absolute Gasteiger partial charge is 0.275 e. The van der Waals surface area contributed by atoms with Gasteiger partial charge < -0.3 is 4.74 Å². The molecule has 0 aliphatic rings. The molecular weight excluding hydrogens is 349 g/mol. The van der Waals surface area contributed by atoms with Crippen LogP contribution in [0.4, 0.5) is 4.39 Å². The van der Waals surface area contributed by atoms with Gasteiger partial charge in [0.2, 0.25) is 0 Å². The van der Waals surface area contributed by atoms with Crippen molar-refractivity contribution in [2.45, 2.75) is 17.9 Å². The predicted octanol–water partition coefficient (Wildman–Crippen LogP) is 1.47. The first kappa shape index (κ1) is 18.4. The highest BCUT2D eigenvalue weighted by molar-refractivity contribution is 7.89. The number of benzene rings is 2. The van der Waals surface area contributed by atoms with Crippen molar-refractivity contribution < 1.29 is 22.3 Å². The average Bonchev–Trinajstić information content (AvgIpc) is 2.61. The number of nitrogens with one attached hydrogen (secondary N) is 2. The number of nitrogens with zero attached hydrogens (tertiary/aromatic N) is 1. The normalized spacial score (nSPS) is 12.0. The van der Waals surface area contributed by atoms with E-state index in [4.69, 9.17) is 10.00 Å². The van der Waals surface area contributed by atoms with Gasteiger partial charge in [0.1, 0.15) is 11.6 Å². The molecule has 2 aromatic rings. The number of halogens is 1. The molecule has 9 heteroatoms. The highest BCUT2D eigenvalue weighted by Crippen LogP contribution is 2.13. The molecule has 2 rings (SSSR count). The Kier molecular flexibility index (Phi) is 5.69. The summed E-state index contributed by atoms with van der Waals surface area (Å²) in [6.07, 6.45) is -1.03. The van der Waals surface area contributed by atoms with Crippen molar-refractivity contribution in [3.63, 3.8) is 0 Å². The molecule has 0 saturated heterocycles. The molecule has 0 spiro atoms. The van der Waals surface area contributed by atoms with E-state index in [9.17, 15) is 17.6 Å². The molecule has 7 nitrogen and oxygen atoms in total. The zero-order valence-corrected chi connectivity index (χ0v) is 13.9. The summed E-state index contributed by atoms with van der Waals surface area (Å²) >= 11 is 0. The van der Waals surface area contributed by atoms with E-state index in [1.165, 1.54) is 55.5 Å². The Bertz CT molecular complexity index is 908. The first-order valence-corrected chi connectivity index (χ1v) is 8.54. The van der Waals surface area contributed by atoms with Crippen LogP contribution in [0.15, 0.2) is 53.4 Å². The molecule has 0 saturated carbocycles. The third-order valence-corrected chi connectivity index (χ3v) is 4.32. The minimum absolute atomic E-state index is 0.168. The molecule has 1 amide bonds. The third kappa shape index (κ3) is 5.00. The summed E-state index contributed by atoms with van der Waals surface area (Å²) in [4.78, 5) is 13.7. The van der Waals surface area contributed by atoms with E-state index in [0.29, 0.717) is 0 Å². The van der Waals surface area contributed by atoms with Crippen LogP contribution in [0.5, 0.6) is 5.75 Å². The number of rotatable bonds is 6. The van der Waals surface area contributed by atoms with Gasteiger partial charge in [-0.3, -0.25) is 10.2 Å². The number of hydrazine groups is 1. The fraction of sp³-hybridized carbons (Fsp3) is 0.125. The lowest BCUT2D eigenvalue weighted by Gasteiger charge is -2.15. The largest absolute Gasteiger partial charge is 0.481 e. The molecule has 130 valence electrons. The topological polar surface area (TPSA) is 108 Å². The zero-order valence-electron chi connectivity index (χ0n) is 13.1. The van der Waals surface area contributed by atoms with Gasteiger partial charge in [0, 0.05) is 0 Å². The first-order valence-electron chi connectivity index (χ1n) is 7.06. The number of sulfonamides is 1. The van der Waals surface area contributed by atoms with Crippen molar-refractivity contribution in [1.29, 1.82) is 5.26 Å². The van der Waals surface area contributed by atoms with Crippen molar-refractivity contribution >= 4 is 15.9 Å². The lowest BCUT2D eigenvalue weighted by atomic mass is 10.2. The number of nitriles is 1. The van der Waals surface area contributed by atoms with Gasteiger partial charge in [-0.15, -0.1) is 4.83 Å². The second kappa shape index (κ2) is 7.74. The number of carbonyl (C=O) groups is 1. The monoisotopic (exact) mass is 363 g/mol. The van der Waals surface area contributed by atoms with Crippen LogP contribution in [0.25, 0.3) is 0 Å². The summed E-state index contributed by atoms with van der Waals surface area (Å²) in [7, 11) is -4.04. The minimum Gasteiger partial charge on any atom is -0.481 e. The highest BCUT2D eigenvalue weighted by Gasteiger charge is 2.19. The van der Waals surface area contributed by atoms with Gasteiger partial charge in [-0.2, -0.15) is 5.26 Å². The molecule has 0 radical (unpaired) electrons. The van der Waals surface area contributed by atoms with Crippen LogP contribution >= 0.6 is 0 Å². The fourth-order valence-corrected chi connectivity index (χ4v) is 2.67. The Morgan fingerprint density at radius 2 is 1.92 bits per heavy atom. The Balaban J connectivity index is 1.98. The van der Waals surface area contributed by atoms with Gasteiger partial charge in [-0.05, 0) is 49.4 Å². The van der Waals surface area contributed by atoms with E-state index in [1.807, 2.05) is 16.3 Å². The van der Waals surface area contributed by atoms with E-state index in [1.54, 1.807) is 0 Å². The van der Waals surface area contributed by atoms with Crippen molar-refractivity contribution in [3.8, 4) is 11.8 Å². The number of hydrogen-bond donors (Lipinski definition) is 2. The summed E-state index contributed by atoms with van der Waals surface area (Å²) < 4.78 is 42.3. The molecule has 0 bridgehead atoms. The van der Waals surface area contributed by atoms with Crippen molar-refractivity contribution in [2.75, 3.05) is 0 Å². The van der Waals surface area contributed by atoms with Crippen molar-refractivity contribution in [1.82, 2.24) is 10.3 Å². The molecule has 2 N–H and O–H groups in total. The molecule has 0 heterocycles.